The third-order valence-corrected chi connectivity index (χ3v) is 5.53. The van der Waals surface area contributed by atoms with Gasteiger partial charge in [-0.2, -0.15) is 0 Å². The monoisotopic (exact) mass is 357 g/mol. The minimum Gasteiger partial charge on any atom is -0.466 e. The second kappa shape index (κ2) is 6.27. The highest BCUT2D eigenvalue weighted by Gasteiger charge is 2.43. The van der Waals surface area contributed by atoms with Crippen LogP contribution in [0.1, 0.15) is 49.1 Å². The SMILES string of the molecule is COC(=O)C1=C(C)NC2=C(C(=O)OC2)C1c1cccc(F)c1C1CCC1. The molecule has 6 heteroatoms. The Morgan fingerprint density at radius 3 is 2.77 bits per heavy atom. The number of hydrogen-bond donors (Lipinski definition) is 1. The van der Waals surface area contributed by atoms with Crippen molar-refractivity contribution < 1.29 is 23.5 Å². The second-order valence-electron chi connectivity index (χ2n) is 6.93. The van der Waals surface area contributed by atoms with E-state index in [4.69, 9.17) is 9.47 Å². The number of esters is 2. The zero-order valence-corrected chi connectivity index (χ0v) is 14.7. The van der Waals surface area contributed by atoms with Crippen molar-refractivity contribution in [1.82, 2.24) is 5.32 Å². The maximum absolute atomic E-state index is 14.7. The molecule has 2 heterocycles. The van der Waals surface area contributed by atoms with E-state index < -0.39 is 17.9 Å². The number of allylic oxidation sites excluding steroid dienone is 1. The standard InChI is InChI=1S/C20H20FNO4/c1-10-15(19(23)25-2)17(18-14(22-10)9-26-20(18)24)12-7-4-8-13(21)16(12)11-5-3-6-11/h4,7-8,11,17,22H,3,5-6,9H2,1-2H3. The molecule has 1 atom stereocenters. The fourth-order valence-electron chi connectivity index (χ4n) is 4.09. The van der Waals surface area contributed by atoms with Crippen molar-refractivity contribution in [2.75, 3.05) is 13.7 Å². The zero-order valence-electron chi connectivity index (χ0n) is 14.7. The first kappa shape index (κ1) is 16.8. The maximum atomic E-state index is 14.7. The highest BCUT2D eigenvalue weighted by Crippen LogP contribution is 2.47. The van der Waals surface area contributed by atoms with Gasteiger partial charge in [0.15, 0.2) is 0 Å². The Balaban J connectivity index is 1.94. The molecule has 0 radical (unpaired) electrons. The van der Waals surface area contributed by atoms with E-state index in [0.717, 1.165) is 19.3 Å². The van der Waals surface area contributed by atoms with E-state index in [2.05, 4.69) is 5.32 Å². The number of hydrogen-bond acceptors (Lipinski definition) is 5. The molecule has 1 aromatic rings. The van der Waals surface area contributed by atoms with E-state index in [9.17, 15) is 14.0 Å². The number of dihydropyridines is 1. The van der Waals surface area contributed by atoms with Crippen molar-refractivity contribution in [3.63, 3.8) is 0 Å². The van der Waals surface area contributed by atoms with E-state index in [0.29, 0.717) is 33.7 Å². The summed E-state index contributed by atoms with van der Waals surface area (Å²) in [5, 5.41) is 3.08. The second-order valence-corrected chi connectivity index (χ2v) is 6.93. The van der Waals surface area contributed by atoms with E-state index in [1.54, 1.807) is 19.1 Å². The van der Waals surface area contributed by atoms with Crippen LogP contribution in [0.25, 0.3) is 0 Å². The predicted molar refractivity (Wildman–Crippen MR) is 91.6 cm³/mol. The Bertz CT molecular complexity index is 867. The largest absolute Gasteiger partial charge is 0.466 e. The number of rotatable bonds is 3. The van der Waals surface area contributed by atoms with Gasteiger partial charge in [-0.3, -0.25) is 0 Å². The van der Waals surface area contributed by atoms with Gasteiger partial charge >= 0.3 is 11.9 Å². The van der Waals surface area contributed by atoms with Crippen LogP contribution in [0.3, 0.4) is 0 Å². The summed E-state index contributed by atoms with van der Waals surface area (Å²) in [6.45, 7) is 1.89. The maximum Gasteiger partial charge on any atom is 0.337 e. The number of halogens is 1. The van der Waals surface area contributed by atoms with Gasteiger partial charge in [-0.1, -0.05) is 18.6 Å². The van der Waals surface area contributed by atoms with Crippen LogP contribution < -0.4 is 5.32 Å². The predicted octanol–water partition coefficient (Wildman–Crippen LogP) is 3.04. The minimum absolute atomic E-state index is 0.113. The molecule has 0 saturated heterocycles. The molecule has 0 spiro atoms. The lowest BCUT2D eigenvalue weighted by Crippen LogP contribution is -2.31. The van der Waals surface area contributed by atoms with Crippen molar-refractivity contribution in [3.05, 3.63) is 57.7 Å². The Hall–Kier alpha value is -2.63. The molecule has 5 nitrogen and oxygen atoms in total. The third kappa shape index (κ3) is 2.43. The molecule has 136 valence electrons. The normalized spacial score (nSPS) is 22.6. The molecule has 2 aliphatic heterocycles. The van der Waals surface area contributed by atoms with Crippen molar-refractivity contribution in [3.8, 4) is 0 Å². The lowest BCUT2D eigenvalue weighted by Gasteiger charge is -2.33. The molecule has 0 aromatic heterocycles. The Morgan fingerprint density at radius 1 is 1.35 bits per heavy atom. The van der Waals surface area contributed by atoms with Gasteiger partial charge in [-0.05, 0) is 42.9 Å². The van der Waals surface area contributed by atoms with Crippen molar-refractivity contribution in [1.29, 1.82) is 0 Å². The van der Waals surface area contributed by atoms with Crippen LogP contribution in [0, 0.1) is 5.82 Å². The molecule has 26 heavy (non-hydrogen) atoms. The van der Waals surface area contributed by atoms with Gasteiger partial charge in [0.1, 0.15) is 12.4 Å². The van der Waals surface area contributed by atoms with Crippen molar-refractivity contribution >= 4 is 11.9 Å². The highest BCUT2D eigenvalue weighted by molar-refractivity contribution is 6.01. The van der Waals surface area contributed by atoms with E-state index >= 15 is 0 Å². The summed E-state index contributed by atoms with van der Waals surface area (Å²) >= 11 is 0. The molecule has 0 bridgehead atoms. The van der Waals surface area contributed by atoms with Crippen molar-refractivity contribution in [2.45, 2.75) is 38.0 Å². The molecule has 4 rings (SSSR count). The molecule has 3 aliphatic rings. The molecule has 1 N–H and O–H groups in total. The first-order valence-corrected chi connectivity index (χ1v) is 8.77. The Labute approximate surface area is 150 Å². The number of nitrogens with one attached hydrogen (secondary N) is 1. The first-order chi connectivity index (χ1) is 12.5. The Kier molecular flexibility index (Phi) is 4.05. The summed E-state index contributed by atoms with van der Waals surface area (Å²) < 4.78 is 24.9. The molecule has 0 amide bonds. The van der Waals surface area contributed by atoms with Gasteiger partial charge in [-0.25, -0.2) is 14.0 Å². The van der Waals surface area contributed by atoms with E-state index in [1.165, 1.54) is 13.2 Å². The highest BCUT2D eigenvalue weighted by atomic mass is 19.1. The summed E-state index contributed by atoms with van der Waals surface area (Å²) in [4.78, 5) is 24.9. The summed E-state index contributed by atoms with van der Waals surface area (Å²) in [5.41, 5.74) is 3.20. The van der Waals surface area contributed by atoms with Crippen LogP contribution in [-0.2, 0) is 19.1 Å². The van der Waals surface area contributed by atoms with Crippen LogP contribution in [-0.4, -0.2) is 25.7 Å². The third-order valence-electron chi connectivity index (χ3n) is 5.53. The van der Waals surface area contributed by atoms with Crippen LogP contribution in [0.2, 0.25) is 0 Å². The van der Waals surface area contributed by atoms with Crippen LogP contribution >= 0.6 is 0 Å². The van der Waals surface area contributed by atoms with Crippen LogP contribution in [0.5, 0.6) is 0 Å². The molecule has 1 saturated carbocycles. The smallest absolute Gasteiger partial charge is 0.337 e. The minimum atomic E-state index is -0.681. The lowest BCUT2D eigenvalue weighted by atomic mass is 9.72. The average molecular weight is 357 g/mol. The summed E-state index contributed by atoms with van der Waals surface area (Å²) in [5.74, 6) is -1.87. The number of carbonyl (C=O) groups excluding carboxylic acids is 2. The molecule has 1 fully saturated rings. The first-order valence-electron chi connectivity index (χ1n) is 8.77. The average Bonchev–Trinajstić information content (AvgIpc) is 2.94. The number of carbonyl (C=O) groups is 2. The molecule has 1 unspecified atom stereocenters. The quantitative estimate of drug-likeness (QED) is 0.843. The van der Waals surface area contributed by atoms with Gasteiger partial charge in [0.25, 0.3) is 0 Å². The molecule has 1 aromatic carbocycles. The number of benzene rings is 1. The lowest BCUT2D eigenvalue weighted by molar-refractivity contribution is -0.136. The fraction of sp³-hybridized carbons (Fsp3) is 0.400. The fourth-order valence-corrected chi connectivity index (χ4v) is 4.09. The molecular weight excluding hydrogens is 337 g/mol. The number of ether oxygens (including phenoxy) is 2. The zero-order chi connectivity index (χ0) is 18.4. The van der Waals surface area contributed by atoms with Gasteiger partial charge in [-0.15, -0.1) is 0 Å². The van der Waals surface area contributed by atoms with Crippen LogP contribution in [0.4, 0.5) is 4.39 Å². The number of cyclic esters (lactones) is 1. The van der Waals surface area contributed by atoms with E-state index in [1.807, 2.05) is 0 Å². The molecule has 1 aliphatic carbocycles. The van der Waals surface area contributed by atoms with Gasteiger partial charge in [0.2, 0.25) is 0 Å². The van der Waals surface area contributed by atoms with Gasteiger partial charge in [0.05, 0.1) is 29.9 Å². The van der Waals surface area contributed by atoms with Gasteiger partial charge in [0, 0.05) is 5.70 Å². The molecular formula is C20H20FNO4. The number of methoxy groups -OCH3 is 1. The van der Waals surface area contributed by atoms with E-state index in [-0.39, 0.29) is 18.3 Å². The topological polar surface area (TPSA) is 64.6 Å². The summed E-state index contributed by atoms with van der Waals surface area (Å²) in [6, 6.07) is 4.87. The van der Waals surface area contributed by atoms with Gasteiger partial charge < -0.3 is 14.8 Å². The summed E-state index contributed by atoms with van der Waals surface area (Å²) in [6.07, 6.45) is 2.87. The Morgan fingerprint density at radius 2 is 2.12 bits per heavy atom. The summed E-state index contributed by atoms with van der Waals surface area (Å²) in [7, 11) is 1.30. The van der Waals surface area contributed by atoms with Crippen molar-refractivity contribution in [2.24, 2.45) is 0 Å². The van der Waals surface area contributed by atoms with Crippen LogP contribution in [0.15, 0.2) is 40.7 Å².